The number of rotatable bonds is 8. The van der Waals surface area contributed by atoms with E-state index in [1.54, 1.807) is 11.7 Å². The lowest BCUT2D eigenvalue weighted by Gasteiger charge is -2.29. The largest absolute Gasteiger partial charge is 0.466 e. The van der Waals surface area contributed by atoms with E-state index in [0.717, 1.165) is 48.6 Å². The smallest absolute Gasteiger partial charge is 0.261 e. The first-order valence-corrected chi connectivity index (χ1v) is 11.8. The fraction of sp³-hybridized carbons (Fsp3) is 0.440. The number of hydrogen-bond acceptors (Lipinski definition) is 7. The van der Waals surface area contributed by atoms with Crippen LogP contribution in [0.5, 0.6) is 5.88 Å². The molecule has 1 fully saturated rings. The van der Waals surface area contributed by atoms with Crippen LogP contribution in [0.2, 0.25) is 0 Å². The van der Waals surface area contributed by atoms with Crippen LogP contribution < -0.4 is 15.0 Å². The van der Waals surface area contributed by atoms with Gasteiger partial charge in [-0.25, -0.2) is 9.67 Å². The minimum absolute atomic E-state index is 0.0628. The van der Waals surface area contributed by atoms with Gasteiger partial charge in [-0.2, -0.15) is 0 Å². The molecular weight excluding hydrogens is 448 g/mol. The van der Waals surface area contributed by atoms with E-state index in [0.29, 0.717) is 23.8 Å². The van der Waals surface area contributed by atoms with Gasteiger partial charge in [0.25, 0.3) is 5.91 Å². The molecule has 2 amide bonds. The number of likely N-dealkylation sites (N-methyl/N-ethyl adjacent to an activating group) is 1. The lowest BCUT2D eigenvalue weighted by atomic mass is 10.2. The van der Waals surface area contributed by atoms with Crippen LogP contribution in [-0.4, -0.2) is 77.5 Å². The number of aromatic nitrogens is 3. The molecule has 0 aliphatic carbocycles. The molecule has 1 aliphatic heterocycles. The van der Waals surface area contributed by atoms with Crippen molar-refractivity contribution in [3.63, 3.8) is 0 Å². The molecule has 0 unspecified atom stereocenters. The van der Waals surface area contributed by atoms with E-state index in [1.807, 2.05) is 51.1 Å². The van der Waals surface area contributed by atoms with Gasteiger partial charge < -0.3 is 24.6 Å². The van der Waals surface area contributed by atoms with Crippen LogP contribution >= 0.6 is 0 Å². The second-order valence-corrected chi connectivity index (χ2v) is 8.60. The third-order valence-corrected chi connectivity index (χ3v) is 6.02. The first kappa shape index (κ1) is 24.5. The summed E-state index contributed by atoms with van der Waals surface area (Å²) in [6.45, 7) is 8.96. The van der Waals surface area contributed by atoms with Gasteiger partial charge in [-0.3, -0.25) is 9.59 Å². The van der Waals surface area contributed by atoms with Crippen LogP contribution in [0.1, 0.15) is 18.2 Å². The Bertz CT molecular complexity index is 1200. The molecule has 3 heterocycles. The number of aryl methyl sites for hydroxylation is 3. The molecule has 1 N–H and O–H groups in total. The molecular formula is C25H32N6O4. The van der Waals surface area contributed by atoms with Crippen molar-refractivity contribution >= 4 is 34.2 Å². The summed E-state index contributed by atoms with van der Waals surface area (Å²) in [5.41, 5.74) is 4.35. The van der Waals surface area contributed by atoms with Crippen molar-refractivity contribution in [2.45, 2.75) is 20.8 Å². The molecule has 186 valence electrons. The number of pyridine rings is 1. The quantitative estimate of drug-likeness (QED) is 0.528. The second kappa shape index (κ2) is 10.7. The Morgan fingerprint density at radius 3 is 2.57 bits per heavy atom. The number of carbonyl (C=O) groups excluding carboxylic acids is 2. The predicted octanol–water partition coefficient (Wildman–Crippen LogP) is 2.29. The SMILES string of the molecule is CCN(CC(=O)Nc1ccc(N2CCOCC2)cc1)C(=O)COc1nn(C)c2nc(C)cc(C)c12. The van der Waals surface area contributed by atoms with Gasteiger partial charge >= 0.3 is 0 Å². The number of benzene rings is 1. The monoisotopic (exact) mass is 480 g/mol. The van der Waals surface area contributed by atoms with E-state index in [1.165, 1.54) is 4.90 Å². The normalized spacial score (nSPS) is 13.7. The molecule has 0 atom stereocenters. The van der Waals surface area contributed by atoms with Gasteiger partial charge in [0.15, 0.2) is 12.3 Å². The predicted molar refractivity (Wildman–Crippen MR) is 134 cm³/mol. The fourth-order valence-electron chi connectivity index (χ4n) is 4.20. The maximum absolute atomic E-state index is 12.8. The molecule has 1 aliphatic rings. The van der Waals surface area contributed by atoms with Gasteiger partial charge in [0, 0.05) is 43.8 Å². The van der Waals surface area contributed by atoms with E-state index in [4.69, 9.17) is 9.47 Å². The highest BCUT2D eigenvalue weighted by atomic mass is 16.5. The molecule has 3 aromatic rings. The summed E-state index contributed by atoms with van der Waals surface area (Å²) in [7, 11) is 1.79. The number of ether oxygens (including phenoxy) is 2. The Labute approximate surface area is 204 Å². The Kier molecular flexibility index (Phi) is 7.50. The number of nitrogens with zero attached hydrogens (tertiary/aromatic N) is 5. The number of nitrogens with one attached hydrogen (secondary N) is 1. The summed E-state index contributed by atoms with van der Waals surface area (Å²) in [5.74, 6) is -0.193. The van der Waals surface area contributed by atoms with E-state index >= 15 is 0 Å². The lowest BCUT2D eigenvalue weighted by Crippen LogP contribution is -2.40. The van der Waals surface area contributed by atoms with Crippen LogP contribution in [0.4, 0.5) is 11.4 Å². The zero-order chi connectivity index (χ0) is 24.9. The van der Waals surface area contributed by atoms with Crippen LogP contribution in [-0.2, 0) is 21.4 Å². The molecule has 0 bridgehead atoms. The third-order valence-electron chi connectivity index (χ3n) is 6.02. The lowest BCUT2D eigenvalue weighted by molar-refractivity contribution is -0.136. The van der Waals surface area contributed by atoms with Gasteiger partial charge in [0.1, 0.15) is 0 Å². The first-order chi connectivity index (χ1) is 16.9. The summed E-state index contributed by atoms with van der Waals surface area (Å²) >= 11 is 0. The highest BCUT2D eigenvalue weighted by Crippen LogP contribution is 2.27. The minimum atomic E-state index is -0.290. The van der Waals surface area contributed by atoms with Gasteiger partial charge in [-0.05, 0) is 56.7 Å². The standard InChI is InChI=1S/C25H32N6O4/c1-5-30(15-21(32)27-19-6-8-20(9-7-19)31-10-12-34-13-11-31)22(33)16-35-25-23-17(2)14-18(3)26-24(23)29(4)28-25/h6-9,14H,5,10-13,15-16H2,1-4H3,(H,27,32). The highest BCUT2D eigenvalue weighted by molar-refractivity contribution is 5.95. The molecule has 2 aromatic heterocycles. The maximum Gasteiger partial charge on any atom is 0.261 e. The van der Waals surface area contributed by atoms with Crippen molar-refractivity contribution in [1.29, 1.82) is 0 Å². The summed E-state index contributed by atoms with van der Waals surface area (Å²) in [4.78, 5) is 33.6. The molecule has 1 aromatic carbocycles. The molecule has 10 nitrogen and oxygen atoms in total. The summed E-state index contributed by atoms with van der Waals surface area (Å²) < 4.78 is 12.8. The average molecular weight is 481 g/mol. The van der Waals surface area contributed by atoms with Crippen molar-refractivity contribution in [2.24, 2.45) is 7.05 Å². The molecule has 0 radical (unpaired) electrons. The van der Waals surface area contributed by atoms with Crippen LogP contribution in [0, 0.1) is 13.8 Å². The molecule has 35 heavy (non-hydrogen) atoms. The number of morpholine rings is 1. The third kappa shape index (κ3) is 5.71. The Hall–Kier alpha value is -3.66. The molecule has 0 saturated carbocycles. The molecule has 4 rings (SSSR count). The minimum Gasteiger partial charge on any atom is -0.466 e. The maximum atomic E-state index is 12.8. The first-order valence-electron chi connectivity index (χ1n) is 11.8. The zero-order valence-electron chi connectivity index (χ0n) is 20.7. The molecule has 0 spiro atoms. The fourth-order valence-corrected chi connectivity index (χ4v) is 4.20. The van der Waals surface area contributed by atoms with Gasteiger partial charge in [-0.1, -0.05) is 0 Å². The number of fused-ring (bicyclic) bond motifs is 1. The number of carbonyl (C=O) groups is 2. The van der Waals surface area contributed by atoms with Crippen LogP contribution in [0.25, 0.3) is 11.0 Å². The van der Waals surface area contributed by atoms with E-state index < -0.39 is 0 Å². The van der Waals surface area contributed by atoms with Crippen LogP contribution in [0.3, 0.4) is 0 Å². The average Bonchev–Trinajstić information content (AvgIpc) is 3.17. The Morgan fingerprint density at radius 1 is 1.17 bits per heavy atom. The van der Waals surface area contributed by atoms with Crippen molar-refractivity contribution in [2.75, 3.05) is 56.2 Å². The summed E-state index contributed by atoms with van der Waals surface area (Å²) in [6.07, 6.45) is 0. The van der Waals surface area contributed by atoms with Crippen molar-refractivity contribution in [3.05, 3.63) is 41.6 Å². The van der Waals surface area contributed by atoms with E-state index in [9.17, 15) is 9.59 Å². The Morgan fingerprint density at radius 2 is 1.89 bits per heavy atom. The van der Waals surface area contributed by atoms with Gasteiger partial charge in [-0.15, -0.1) is 5.10 Å². The number of anilines is 2. The highest BCUT2D eigenvalue weighted by Gasteiger charge is 2.20. The van der Waals surface area contributed by atoms with Gasteiger partial charge in [0.05, 0.1) is 25.1 Å². The van der Waals surface area contributed by atoms with E-state index in [2.05, 4.69) is 20.3 Å². The van der Waals surface area contributed by atoms with Gasteiger partial charge in [0.2, 0.25) is 11.8 Å². The van der Waals surface area contributed by atoms with Crippen LogP contribution in [0.15, 0.2) is 30.3 Å². The Balaban J connectivity index is 1.33. The number of hydrogen-bond donors (Lipinski definition) is 1. The topological polar surface area (TPSA) is 102 Å². The van der Waals surface area contributed by atoms with Crippen molar-refractivity contribution < 1.29 is 19.1 Å². The second-order valence-electron chi connectivity index (χ2n) is 8.60. The zero-order valence-corrected chi connectivity index (χ0v) is 20.7. The van der Waals surface area contributed by atoms with Crippen molar-refractivity contribution in [3.8, 4) is 5.88 Å². The van der Waals surface area contributed by atoms with E-state index in [-0.39, 0.29) is 25.0 Å². The summed E-state index contributed by atoms with van der Waals surface area (Å²) in [6, 6.07) is 9.65. The van der Waals surface area contributed by atoms with Crippen molar-refractivity contribution in [1.82, 2.24) is 19.7 Å². The molecule has 1 saturated heterocycles. The number of amides is 2. The molecule has 10 heteroatoms. The summed E-state index contributed by atoms with van der Waals surface area (Å²) in [5, 5.41) is 8.03.